The molecule has 0 heterocycles. The summed E-state index contributed by atoms with van der Waals surface area (Å²) in [5.41, 5.74) is 0. The summed E-state index contributed by atoms with van der Waals surface area (Å²) in [6.07, 6.45) is 1.93. The van der Waals surface area contributed by atoms with Gasteiger partial charge in [-0.3, -0.25) is 0 Å². The van der Waals surface area contributed by atoms with E-state index in [1.165, 1.54) is 0 Å². The summed E-state index contributed by atoms with van der Waals surface area (Å²) in [6, 6.07) is 0. The third-order valence-corrected chi connectivity index (χ3v) is 1.73. The monoisotopic (exact) mass is 162 g/mol. The predicted octanol–water partition coefficient (Wildman–Crippen LogP) is 0.281. The molecule has 0 radical (unpaired) electrons. The Morgan fingerprint density at radius 2 is 1.73 bits per heavy atom. The molecular formula is C8H18O3. The van der Waals surface area contributed by atoms with Crippen molar-refractivity contribution in [2.75, 3.05) is 6.61 Å². The summed E-state index contributed by atoms with van der Waals surface area (Å²) < 4.78 is 0. The maximum atomic E-state index is 9.13. The van der Waals surface area contributed by atoms with Crippen LogP contribution in [0.4, 0.5) is 0 Å². The molecule has 0 aliphatic heterocycles. The molecule has 0 aromatic carbocycles. The molecule has 0 saturated carbocycles. The minimum absolute atomic E-state index is 0.354. The summed E-state index contributed by atoms with van der Waals surface area (Å²) in [6.45, 7) is 1.72. The molecule has 3 heteroatoms. The topological polar surface area (TPSA) is 60.7 Å². The first-order valence-corrected chi connectivity index (χ1v) is 4.19. The van der Waals surface area contributed by atoms with Crippen LogP contribution in [-0.4, -0.2) is 34.1 Å². The molecule has 0 aliphatic rings. The fourth-order valence-corrected chi connectivity index (χ4v) is 0.918. The van der Waals surface area contributed by atoms with Crippen molar-refractivity contribution >= 4 is 0 Å². The van der Waals surface area contributed by atoms with Crippen molar-refractivity contribution < 1.29 is 15.3 Å². The molecule has 0 amide bonds. The van der Waals surface area contributed by atoms with Crippen LogP contribution >= 0.6 is 0 Å². The highest BCUT2D eigenvalue weighted by Crippen LogP contribution is 2.05. The van der Waals surface area contributed by atoms with Gasteiger partial charge in [-0.1, -0.05) is 26.2 Å². The van der Waals surface area contributed by atoms with E-state index in [1.54, 1.807) is 0 Å². The largest absolute Gasteiger partial charge is 0.394 e. The molecule has 0 spiro atoms. The van der Waals surface area contributed by atoms with Crippen LogP contribution < -0.4 is 0 Å². The van der Waals surface area contributed by atoms with Crippen LogP contribution in [-0.2, 0) is 0 Å². The molecule has 68 valence electrons. The summed E-state index contributed by atoms with van der Waals surface area (Å²) in [5, 5.41) is 26.5. The Morgan fingerprint density at radius 3 is 2.18 bits per heavy atom. The number of hydrogen-bond donors (Lipinski definition) is 3. The molecule has 0 aromatic heterocycles. The zero-order valence-electron chi connectivity index (χ0n) is 7.03. The lowest BCUT2D eigenvalue weighted by atomic mass is 10.1. The second-order valence-corrected chi connectivity index (χ2v) is 2.81. The van der Waals surface area contributed by atoms with Crippen molar-refractivity contribution in [2.45, 2.75) is 44.8 Å². The second-order valence-electron chi connectivity index (χ2n) is 2.81. The Kier molecular flexibility index (Phi) is 6.51. The van der Waals surface area contributed by atoms with E-state index in [0.717, 1.165) is 19.3 Å². The lowest BCUT2D eigenvalue weighted by Crippen LogP contribution is -2.28. The maximum Gasteiger partial charge on any atom is 0.103 e. The van der Waals surface area contributed by atoms with Crippen LogP contribution in [0.3, 0.4) is 0 Å². The van der Waals surface area contributed by atoms with Gasteiger partial charge < -0.3 is 15.3 Å². The molecule has 0 aromatic rings. The molecule has 0 unspecified atom stereocenters. The van der Waals surface area contributed by atoms with Gasteiger partial charge in [0.2, 0.25) is 0 Å². The fraction of sp³-hybridized carbons (Fsp3) is 1.00. The van der Waals surface area contributed by atoms with Crippen LogP contribution in [0, 0.1) is 0 Å². The molecule has 3 N–H and O–H groups in total. The van der Waals surface area contributed by atoms with Gasteiger partial charge in [0, 0.05) is 0 Å². The van der Waals surface area contributed by atoms with Crippen molar-refractivity contribution in [3.05, 3.63) is 0 Å². The molecule has 0 aliphatic carbocycles. The predicted molar refractivity (Wildman–Crippen MR) is 43.2 cm³/mol. The van der Waals surface area contributed by atoms with Gasteiger partial charge in [0.05, 0.1) is 12.7 Å². The SMILES string of the molecule is CCCCC[C@H](O)[C@H](O)CO. The van der Waals surface area contributed by atoms with Gasteiger partial charge in [0.1, 0.15) is 6.10 Å². The Balaban J connectivity index is 3.28. The molecule has 2 atom stereocenters. The van der Waals surface area contributed by atoms with Gasteiger partial charge >= 0.3 is 0 Å². The van der Waals surface area contributed by atoms with Gasteiger partial charge in [-0.25, -0.2) is 0 Å². The first kappa shape index (κ1) is 10.9. The van der Waals surface area contributed by atoms with Crippen molar-refractivity contribution in [1.82, 2.24) is 0 Å². The average Bonchev–Trinajstić information content (AvgIpc) is 2.03. The first-order valence-electron chi connectivity index (χ1n) is 4.19. The van der Waals surface area contributed by atoms with E-state index >= 15 is 0 Å². The highest BCUT2D eigenvalue weighted by molar-refractivity contribution is 4.65. The molecule has 3 nitrogen and oxygen atoms in total. The standard InChI is InChI=1S/C8H18O3/c1-2-3-4-5-7(10)8(11)6-9/h7-11H,2-6H2,1H3/t7-,8+/m0/s1. The minimum Gasteiger partial charge on any atom is -0.394 e. The van der Waals surface area contributed by atoms with Gasteiger partial charge in [-0.15, -0.1) is 0 Å². The second kappa shape index (κ2) is 6.58. The smallest absolute Gasteiger partial charge is 0.103 e. The third-order valence-electron chi connectivity index (χ3n) is 1.73. The third kappa shape index (κ3) is 5.18. The van der Waals surface area contributed by atoms with Crippen molar-refractivity contribution in [3.8, 4) is 0 Å². The van der Waals surface area contributed by atoms with E-state index < -0.39 is 12.2 Å². The average molecular weight is 162 g/mol. The van der Waals surface area contributed by atoms with Gasteiger partial charge in [-0.05, 0) is 6.42 Å². The number of aliphatic hydroxyl groups is 3. The highest BCUT2D eigenvalue weighted by atomic mass is 16.4. The van der Waals surface area contributed by atoms with E-state index in [1.807, 2.05) is 0 Å². The summed E-state index contributed by atoms with van der Waals surface area (Å²) in [4.78, 5) is 0. The zero-order chi connectivity index (χ0) is 8.69. The summed E-state index contributed by atoms with van der Waals surface area (Å²) >= 11 is 0. The Hall–Kier alpha value is -0.120. The van der Waals surface area contributed by atoms with E-state index in [9.17, 15) is 0 Å². The fourth-order valence-electron chi connectivity index (χ4n) is 0.918. The lowest BCUT2D eigenvalue weighted by molar-refractivity contribution is -0.0185. The van der Waals surface area contributed by atoms with Crippen molar-refractivity contribution in [3.63, 3.8) is 0 Å². The normalized spacial score (nSPS) is 16.4. The Labute approximate surface area is 67.7 Å². The Bertz CT molecular complexity index is 85.4. The number of hydrogen-bond acceptors (Lipinski definition) is 3. The van der Waals surface area contributed by atoms with Crippen molar-refractivity contribution in [2.24, 2.45) is 0 Å². The number of unbranched alkanes of at least 4 members (excludes halogenated alkanes) is 2. The van der Waals surface area contributed by atoms with E-state index in [0.29, 0.717) is 6.42 Å². The van der Waals surface area contributed by atoms with Gasteiger partial charge in [0.25, 0.3) is 0 Å². The first-order chi connectivity index (χ1) is 5.22. The number of aliphatic hydroxyl groups excluding tert-OH is 3. The molecular weight excluding hydrogens is 144 g/mol. The molecule has 0 saturated heterocycles. The molecule has 0 rings (SSSR count). The number of rotatable bonds is 6. The van der Waals surface area contributed by atoms with Crippen LogP contribution in [0.25, 0.3) is 0 Å². The lowest BCUT2D eigenvalue weighted by Gasteiger charge is -2.14. The summed E-state index contributed by atoms with van der Waals surface area (Å²) in [7, 11) is 0. The van der Waals surface area contributed by atoms with Gasteiger partial charge in [0.15, 0.2) is 0 Å². The van der Waals surface area contributed by atoms with Crippen LogP contribution in [0.5, 0.6) is 0 Å². The summed E-state index contributed by atoms with van der Waals surface area (Å²) in [5.74, 6) is 0. The molecule has 0 bridgehead atoms. The van der Waals surface area contributed by atoms with E-state index in [2.05, 4.69) is 6.92 Å². The maximum absolute atomic E-state index is 9.13. The van der Waals surface area contributed by atoms with E-state index in [4.69, 9.17) is 15.3 Å². The highest BCUT2D eigenvalue weighted by Gasteiger charge is 2.13. The zero-order valence-corrected chi connectivity index (χ0v) is 7.03. The Morgan fingerprint density at radius 1 is 1.09 bits per heavy atom. The van der Waals surface area contributed by atoms with Crippen molar-refractivity contribution in [1.29, 1.82) is 0 Å². The quantitative estimate of drug-likeness (QED) is 0.492. The van der Waals surface area contributed by atoms with Crippen LogP contribution in [0.15, 0.2) is 0 Å². The van der Waals surface area contributed by atoms with E-state index in [-0.39, 0.29) is 6.61 Å². The van der Waals surface area contributed by atoms with Crippen LogP contribution in [0.1, 0.15) is 32.6 Å². The minimum atomic E-state index is -0.966. The van der Waals surface area contributed by atoms with Crippen LogP contribution in [0.2, 0.25) is 0 Å². The van der Waals surface area contributed by atoms with Gasteiger partial charge in [-0.2, -0.15) is 0 Å². The molecule has 11 heavy (non-hydrogen) atoms. The molecule has 0 fully saturated rings.